The standard InChI is InChI=1S/C16H29N/c1-12-8-13(2)10-15(9-12)11-17-14(3)16-6-4-5-7-16/h8,12,14-17H,4-7,9-11H2,1-3H3. The van der Waals surface area contributed by atoms with Gasteiger partial charge in [0.05, 0.1) is 0 Å². The van der Waals surface area contributed by atoms with E-state index < -0.39 is 0 Å². The first kappa shape index (κ1) is 13.1. The smallest absolute Gasteiger partial charge is 0.00671 e. The average molecular weight is 235 g/mol. The van der Waals surface area contributed by atoms with Gasteiger partial charge < -0.3 is 5.32 Å². The Balaban J connectivity index is 1.72. The maximum Gasteiger partial charge on any atom is 0.00671 e. The fourth-order valence-electron chi connectivity index (χ4n) is 3.82. The summed E-state index contributed by atoms with van der Waals surface area (Å²) in [7, 11) is 0. The van der Waals surface area contributed by atoms with Gasteiger partial charge in [-0.15, -0.1) is 0 Å². The van der Waals surface area contributed by atoms with Crippen molar-refractivity contribution < 1.29 is 0 Å². The minimum absolute atomic E-state index is 0.735. The van der Waals surface area contributed by atoms with E-state index in [1.807, 2.05) is 0 Å². The Hall–Kier alpha value is -0.300. The van der Waals surface area contributed by atoms with Crippen molar-refractivity contribution in [3.05, 3.63) is 11.6 Å². The molecule has 0 aromatic rings. The molecular weight excluding hydrogens is 206 g/mol. The van der Waals surface area contributed by atoms with Crippen LogP contribution in [0.5, 0.6) is 0 Å². The number of allylic oxidation sites excluding steroid dienone is 2. The average Bonchev–Trinajstić information content (AvgIpc) is 2.78. The van der Waals surface area contributed by atoms with Crippen LogP contribution in [-0.2, 0) is 0 Å². The van der Waals surface area contributed by atoms with E-state index in [4.69, 9.17) is 0 Å². The first-order chi connectivity index (χ1) is 8.15. The van der Waals surface area contributed by atoms with Gasteiger partial charge in [-0.3, -0.25) is 0 Å². The first-order valence-electron chi connectivity index (χ1n) is 7.56. The van der Waals surface area contributed by atoms with Crippen molar-refractivity contribution in [2.24, 2.45) is 17.8 Å². The summed E-state index contributed by atoms with van der Waals surface area (Å²) < 4.78 is 0. The molecule has 3 atom stereocenters. The molecule has 0 aliphatic heterocycles. The minimum atomic E-state index is 0.735. The molecule has 1 saturated carbocycles. The Morgan fingerprint density at radius 2 is 2.06 bits per heavy atom. The summed E-state index contributed by atoms with van der Waals surface area (Å²) in [6, 6.07) is 0.735. The molecule has 1 N–H and O–H groups in total. The van der Waals surface area contributed by atoms with Gasteiger partial charge >= 0.3 is 0 Å². The molecule has 1 heteroatoms. The lowest BCUT2D eigenvalue weighted by Gasteiger charge is -2.28. The quantitative estimate of drug-likeness (QED) is 0.722. The Kier molecular flexibility index (Phi) is 4.67. The number of nitrogens with one attached hydrogen (secondary N) is 1. The highest BCUT2D eigenvalue weighted by Crippen LogP contribution is 2.29. The lowest BCUT2D eigenvalue weighted by molar-refractivity contribution is 0.321. The van der Waals surface area contributed by atoms with Gasteiger partial charge in [-0.1, -0.05) is 31.4 Å². The van der Waals surface area contributed by atoms with Gasteiger partial charge in [-0.05, 0) is 63.8 Å². The molecule has 0 heterocycles. The normalized spacial score (nSPS) is 32.5. The molecule has 3 unspecified atom stereocenters. The van der Waals surface area contributed by atoms with Crippen LogP contribution >= 0.6 is 0 Å². The predicted molar refractivity (Wildman–Crippen MR) is 75.1 cm³/mol. The van der Waals surface area contributed by atoms with E-state index in [1.54, 1.807) is 5.57 Å². The molecule has 1 nitrogen and oxygen atoms in total. The van der Waals surface area contributed by atoms with Gasteiger partial charge in [0.15, 0.2) is 0 Å². The lowest BCUT2D eigenvalue weighted by atomic mass is 9.83. The van der Waals surface area contributed by atoms with Crippen molar-refractivity contribution >= 4 is 0 Å². The summed E-state index contributed by atoms with van der Waals surface area (Å²) in [5.74, 6) is 2.61. The molecule has 0 amide bonds. The third kappa shape index (κ3) is 3.84. The van der Waals surface area contributed by atoms with Gasteiger partial charge in [0, 0.05) is 6.04 Å². The van der Waals surface area contributed by atoms with Crippen LogP contribution < -0.4 is 5.32 Å². The van der Waals surface area contributed by atoms with Gasteiger partial charge in [0.2, 0.25) is 0 Å². The molecule has 98 valence electrons. The minimum Gasteiger partial charge on any atom is -0.314 e. The number of hydrogen-bond donors (Lipinski definition) is 1. The van der Waals surface area contributed by atoms with E-state index in [9.17, 15) is 0 Å². The summed E-state index contributed by atoms with van der Waals surface area (Å²) in [6.45, 7) is 8.28. The zero-order valence-electron chi connectivity index (χ0n) is 11.8. The van der Waals surface area contributed by atoms with Crippen molar-refractivity contribution in [1.29, 1.82) is 0 Å². The largest absolute Gasteiger partial charge is 0.314 e. The van der Waals surface area contributed by atoms with E-state index in [-0.39, 0.29) is 0 Å². The lowest BCUT2D eigenvalue weighted by Crippen LogP contribution is -2.36. The monoisotopic (exact) mass is 235 g/mol. The molecule has 0 saturated heterocycles. The Morgan fingerprint density at radius 3 is 2.71 bits per heavy atom. The van der Waals surface area contributed by atoms with Crippen LogP contribution in [0.4, 0.5) is 0 Å². The highest BCUT2D eigenvalue weighted by atomic mass is 14.9. The molecule has 2 aliphatic rings. The topological polar surface area (TPSA) is 12.0 Å². The molecule has 0 spiro atoms. The van der Waals surface area contributed by atoms with Crippen molar-refractivity contribution in [3.63, 3.8) is 0 Å². The van der Waals surface area contributed by atoms with Crippen molar-refractivity contribution in [3.8, 4) is 0 Å². The van der Waals surface area contributed by atoms with E-state index >= 15 is 0 Å². The summed E-state index contributed by atoms with van der Waals surface area (Å²) in [6.07, 6.45) is 11.0. The Bertz CT molecular complexity index is 263. The van der Waals surface area contributed by atoms with E-state index in [2.05, 4.69) is 32.2 Å². The van der Waals surface area contributed by atoms with Crippen molar-refractivity contribution in [2.75, 3.05) is 6.54 Å². The summed E-state index contributed by atoms with van der Waals surface area (Å²) >= 11 is 0. The molecular formula is C16H29N. The highest BCUT2D eigenvalue weighted by Gasteiger charge is 2.23. The van der Waals surface area contributed by atoms with Crippen LogP contribution in [0.3, 0.4) is 0 Å². The van der Waals surface area contributed by atoms with Crippen molar-refractivity contribution in [1.82, 2.24) is 5.32 Å². The van der Waals surface area contributed by atoms with Crippen molar-refractivity contribution in [2.45, 2.75) is 65.3 Å². The maximum absolute atomic E-state index is 3.81. The van der Waals surface area contributed by atoms with E-state index in [0.717, 1.165) is 23.8 Å². The third-order valence-electron chi connectivity index (χ3n) is 4.72. The van der Waals surface area contributed by atoms with E-state index in [0.29, 0.717) is 0 Å². The predicted octanol–water partition coefficient (Wildman–Crippen LogP) is 4.15. The second-order valence-electron chi connectivity index (χ2n) is 6.54. The van der Waals surface area contributed by atoms with Crippen LogP contribution in [0.1, 0.15) is 59.3 Å². The molecule has 0 aromatic heterocycles. The van der Waals surface area contributed by atoms with E-state index in [1.165, 1.54) is 45.1 Å². The van der Waals surface area contributed by atoms with Crippen LogP contribution in [0.25, 0.3) is 0 Å². The SMILES string of the molecule is CC1=CC(C)CC(CNC(C)C2CCCC2)C1. The van der Waals surface area contributed by atoms with Crippen LogP contribution in [0.2, 0.25) is 0 Å². The molecule has 0 bridgehead atoms. The van der Waals surface area contributed by atoms with Crippen LogP contribution in [0.15, 0.2) is 11.6 Å². The third-order valence-corrected chi connectivity index (χ3v) is 4.72. The second kappa shape index (κ2) is 6.04. The molecule has 2 rings (SSSR count). The van der Waals surface area contributed by atoms with Crippen LogP contribution in [0, 0.1) is 17.8 Å². The zero-order valence-corrected chi connectivity index (χ0v) is 11.8. The Morgan fingerprint density at radius 1 is 1.35 bits per heavy atom. The second-order valence-corrected chi connectivity index (χ2v) is 6.54. The summed E-state index contributed by atoms with van der Waals surface area (Å²) in [5, 5.41) is 3.81. The molecule has 1 fully saturated rings. The zero-order chi connectivity index (χ0) is 12.3. The molecule has 0 radical (unpaired) electrons. The van der Waals surface area contributed by atoms with Crippen LogP contribution in [-0.4, -0.2) is 12.6 Å². The fraction of sp³-hybridized carbons (Fsp3) is 0.875. The number of rotatable bonds is 4. The molecule has 17 heavy (non-hydrogen) atoms. The highest BCUT2D eigenvalue weighted by molar-refractivity contribution is 5.06. The fourth-order valence-corrected chi connectivity index (χ4v) is 3.82. The molecule has 2 aliphatic carbocycles. The van der Waals surface area contributed by atoms with Gasteiger partial charge in [-0.25, -0.2) is 0 Å². The molecule has 0 aromatic carbocycles. The van der Waals surface area contributed by atoms with Gasteiger partial charge in [0.1, 0.15) is 0 Å². The number of hydrogen-bond acceptors (Lipinski definition) is 1. The summed E-state index contributed by atoms with van der Waals surface area (Å²) in [4.78, 5) is 0. The van der Waals surface area contributed by atoms with Gasteiger partial charge in [-0.2, -0.15) is 0 Å². The maximum atomic E-state index is 3.81. The Labute approximate surface area is 107 Å². The van der Waals surface area contributed by atoms with Gasteiger partial charge in [0.25, 0.3) is 0 Å². The first-order valence-corrected chi connectivity index (χ1v) is 7.56. The summed E-state index contributed by atoms with van der Waals surface area (Å²) in [5.41, 5.74) is 1.60.